The first kappa shape index (κ1) is 14.3. The zero-order chi connectivity index (χ0) is 16.4. The molecule has 5 nitrogen and oxygen atoms in total. The van der Waals surface area contributed by atoms with E-state index in [1.165, 1.54) is 0 Å². The van der Waals surface area contributed by atoms with Crippen LogP contribution in [-0.4, -0.2) is 18.9 Å². The van der Waals surface area contributed by atoms with E-state index in [4.69, 9.17) is 9.47 Å². The molecule has 0 radical (unpaired) electrons. The summed E-state index contributed by atoms with van der Waals surface area (Å²) < 4.78 is 10.6. The molecule has 4 rings (SSSR count). The fourth-order valence-electron chi connectivity index (χ4n) is 2.55. The highest BCUT2D eigenvalue weighted by Gasteiger charge is 2.12. The van der Waals surface area contributed by atoms with E-state index < -0.39 is 0 Å². The Balaban J connectivity index is 1.47. The molecule has 1 aliphatic rings. The summed E-state index contributed by atoms with van der Waals surface area (Å²) in [5.41, 5.74) is 3.92. The van der Waals surface area contributed by atoms with E-state index in [1.807, 2.05) is 54.6 Å². The second-order valence-corrected chi connectivity index (χ2v) is 5.37. The van der Waals surface area contributed by atoms with E-state index in [0.717, 1.165) is 16.3 Å². The van der Waals surface area contributed by atoms with Crippen molar-refractivity contribution in [3.05, 3.63) is 71.8 Å². The van der Waals surface area contributed by atoms with Crippen LogP contribution in [0.25, 0.3) is 10.8 Å². The molecule has 5 heteroatoms. The van der Waals surface area contributed by atoms with E-state index in [9.17, 15) is 4.79 Å². The van der Waals surface area contributed by atoms with Gasteiger partial charge in [0.1, 0.15) is 0 Å². The Bertz CT molecular complexity index is 950. The molecule has 118 valence electrons. The van der Waals surface area contributed by atoms with Crippen LogP contribution in [0.4, 0.5) is 0 Å². The minimum atomic E-state index is -0.252. The van der Waals surface area contributed by atoms with Gasteiger partial charge in [0.25, 0.3) is 5.91 Å². The van der Waals surface area contributed by atoms with Crippen molar-refractivity contribution in [2.45, 2.75) is 0 Å². The summed E-state index contributed by atoms with van der Waals surface area (Å²) in [6.45, 7) is 0.231. The molecule has 1 N–H and O–H groups in total. The molecule has 0 fully saturated rings. The minimum Gasteiger partial charge on any atom is -0.454 e. The topological polar surface area (TPSA) is 59.9 Å². The van der Waals surface area contributed by atoms with Crippen LogP contribution >= 0.6 is 0 Å². The van der Waals surface area contributed by atoms with E-state index in [1.54, 1.807) is 12.3 Å². The molecular formula is C19H14N2O3. The number of nitrogens with one attached hydrogen (secondary N) is 1. The summed E-state index contributed by atoms with van der Waals surface area (Å²) in [6.07, 6.45) is 1.57. The average molecular weight is 318 g/mol. The van der Waals surface area contributed by atoms with Crippen molar-refractivity contribution in [2.24, 2.45) is 5.10 Å². The summed E-state index contributed by atoms with van der Waals surface area (Å²) in [7, 11) is 0. The first-order valence-electron chi connectivity index (χ1n) is 7.51. The smallest absolute Gasteiger partial charge is 0.271 e. The Kier molecular flexibility index (Phi) is 3.59. The Morgan fingerprint density at radius 1 is 0.958 bits per heavy atom. The lowest BCUT2D eigenvalue weighted by molar-refractivity contribution is 0.0955. The highest BCUT2D eigenvalue weighted by atomic mass is 16.7. The van der Waals surface area contributed by atoms with E-state index in [0.29, 0.717) is 17.1 Å². The molecule has 1 aliphatic heterocycles. The van der Waals surface area contributed by atoms with Crippen LogP contribution in [0.3, 0.4) is 0 Å². The largest absolute Gasteiger partial charge is 0.454 e. The lowest BCUT2D eigenvalue weighted by Crippen LogP contribution is -2.17. The third-order valence-corrected chi connectivity index (χ3v) is 3.79. The first-order chi connectivity index (χ1) is 11.8. The van der Waals surface area contributed by atoms with Crippen molar-refractivity contribution in [1.29, 1.82) is 0 Å². The van der Waals surface area contributed by atoms with Crippen LogP contribution in [-0.2, 0) is 0 Å². The highest BCUT2D eigenvalue weighted by Crippen LogP contribution is 2.31. The second-order valence-electron chi connectivity index (χ2n) is 5.37. The van der Waals surface area contributed by atoms with Crippen molar-refractivity contribution in [3.63, 3.8) is 0 Å². The number of nitrogens with zero attached hydrogens (tertiary/aromatic N) is 1. The molecule has 1 heterocycles. The number of carbonyl (C=O) groups excluding carboxylic acids is 1. The number of hydrogen-bond donors (Lipinski definition) is 1. The predicted octanol–water partition coefficient (Wildman–Crippen LogP) is 3.33. The quantitative estimate of drug-likeness (QED) is 0.595. The maximum absolute atomic E-state index is 12.2. The first-order valence-corrected chi connectivity index (χ1v) is 7.51. The van der Waals surface area contributed by atoms with Gasteiger partial charge in [-0.2, -0.15) is 5.10 Å². The van der Waals surface area contributed by atoms with E-state index >= 15 is 0 Å². The van der Waals surface area contributed by atoms with Crippen molar-refractivity contribution in [1.82, 2.24) is 5.43 Å². The van der Waals surface area contributed by atoms with Crippen molar-refractivity contribution in [3.8, 4) is 11.5 Å². The number of ether oxygens (including phenoxy) is 2. The van der Waals surface area contributed by atoms with E-state index in [-0.39, 0.29) is 12.7 Å². The number of benzene rings is 3. The van der Waals surface area contributed by atoms with E-state index in [2.05, 4.69) is 10.5 Å². The van der Waals surface area contributed by atoms with Crippen molar-refractivity contribution < 1.29 is 14.3 Å². The monoisotopic (exact) mass is 318 g/mol. The number of rotatable bonds is 3. The van der Waals surface area contributed by atoms with Gasteiger partial charge in [0.2, 0.25) is 6.79 Å². The van der Waals surface area contributed by atoms with Crippen LogP contribution in [0.2, 0.25) is 0 Å². The molecule has 0 atom stereocenters. The van der Waals surface area contributed by atoms with Gasteiger partial charge < -0.3 is 9.47 Å². The lowest BCUT2D eigenvalue weighted by Gasteiger charge is -2.02. The molecule has 24 heavy (non-hydrogen) atoms. The summed E-state index contributed by atoms with van der Waals surface area (Å²) in [4.78, 5) is 12.2. The molecule has 0 spiro atoms. The number of carbonyl (C=O) groups is 1. The van der Waals surface area contributed by atoms with Gasteiger partial charge in [-0.15, -0.1) is 0 Å². The normalized spacial score (nSPS) is 12.7. The molecule has 0 aliphatic carbocycles. The molecular weight excluding hydrogens is 304 g/mol. The number of amides is 1. The number of fused-ring (bicyclic) bond motifs is 2. The van der Waals surface area contributed by atoms with Gasteiger partial charge in [0.15, 0.2) is 11.5 Å². The number of hydrazone groups is 1. The van der Waals surface area contributed by atoms with Crippen LogP contribution in [0, 0.1) is 0 Å². The molecule has 3 aromatic rings. The van der Waals surface area contributed by atoms with Crippen LogP contribution in [0.1, 0.15) is 15.9 Å². The third kappa shape index (κ3) is 2.79. The second kappa shape index (κ2) is 6.04. The van der Waals surface area contributed by atoms with Gasteiger partial charge in [0, 0.05) is 5.56 Å². The standard InChI is InChI=1S/C19H14N2O3/c22-19(16-7-6-14-3-1-2-4-15(14)10-16)21-20-11-13-5-8-17-18(9-13)24-12-23-17/h1-11H,12H2,(H,21,22)/b20-11-. The molecule has 0 saturated carbocycles. The molecule has 0 aromatic heterocycles. The van der Waals surface area contributed by atoms with Gasteiger partial charge >= 0.3 is 0 Å². The zero-order valence-electron chi connectivity index (χ0n) is 12.7. The molecule has 0 saturated heterocycles. The molecule has 0 bridgehead atoms. The Labute approximate surface area is 138 Å². The molecule has 0 unspecified atom stereocenters. The third-order valence-electron chi connectivity index (χ3n) is 3.79. The fourth-order valence-corrected chi connectivity index (χ4v) is 2.55. The molecule has 1 amide bonds. The number of hydrogen-bond acceptors (Lipinski definition) is 4. The lowest BCUT2D eigenvalue weighted by atomic mass is 10.1. The van der Waals surface area contributed by atoms with Crippen LogP contribution < -0.4 is 14.9 Å². The Hall–Kier alpha value is -3.34. The summed E-state index contributed by atoms with van der Waals surface area (Å²) in [5.74, 6) is 1.14. The summed E-state index contributed by atoms with van der Waals surface area (Å²) in [5, 5.41) is 6.12. The predicted molar refractivity (Wildman–Crippen MR) is 91.6 cm³/mol. The zero-order valence-corrected chi connectivity index (χ0v) is 12.7. The van der Waals surface area contributed by atoms with Gasteiger partial charge in [-0.05, 0) is 46.7 Å². The SMILES string of the molecule is O=C(N/N=C\c1ccc2c(c1)OCO2)c1ccc2ccccc2c1. The van der Waals surface area contributed by atoms with Crippen LogP contribution in [0.15, 0.2) is 65.8 Å². The Morgan fingerprint density at radius 3 is 2.71 bits per heavy atom. The fraction of sp³-hybridized carbons (Fsp3) is 0.0526. The average Bonchev–Trinajstić information content (AvgIpc) is 3.09. The summed E-state index contributed by atoms with van der Waals surface area (Å²) >= 11 is 0. The van der Waals surface area contributed by atoms with Gasteiger partial charge in [0.05, 0.1) is 6.21 Å². The van der Waals surface area contributed by atoms with Gasteiger partial charge in [-0.25, -0.2) is 5.43 Å². The van der Waals surface area contributed by atoms with Gasteiger partial charge in [-0.3, -0.25) is 4.79 Å². The highest BCUT2D eigenvalue weighted by molar-refractivity contribution is 5.99. The maximum Gasteiger partial charge on any atom is 0.271 e. The van der Waals surface area contributed by atoms with Crippen molar-refractivity contribution >= 4 is 22.9 Å². The van der Waals surface area contributed by atoms with Crippen LogP contribution in [0.5, 0.6) is 11.5 Å². The van der Waals surface area contributed by atoms with Crippen molar-refractivity contribution in [2.75, 3.05) is 6.79 Å². The summed E-state index contributed by atoms with van der Waals surface area (Å²) in [6, 6.07) is 18.9. The Morgan fingerprint density at radius 2 is 1.79 bits per heavy atom. The molecule has 3 aromatic carbocycles. The van der Waals surface area contributed by atoms with Gasteiger partial charge in [-0.1, -0.05) is 30.3 Å². The minimum absolute atomic E-state index is 0.231. The maximum atomic E-state index is 12.2.